The maximum atomic E-state index is 10.4. The quantitative estimate of drug-likeness (QED) is 0.0428. The molecule has 0 spiro atoms. The van der Waals surface area contributed by atoms with Crippen molar-refractivity contribution in [1.82, 2.24) is 0 Å². The molecule has 0 saturated carbocycles. The minimum absolute atomic E-state index is 0.0208. The minimum Gasteiger partial charge on any atom is -0.508 e. The number of thiol groups is 1. The second-order valence-electron chi connectivity index (χ2n) is 17.9. The Hall–Kier alpha value is -7.55. The zero-order chi connectivity index (χ0) is 72.7. The first-order chi connectivity index (χ1) is 39.8. The number of aliphatic carboxylic acids is 12. The van der Waals surface area contributed by atoms with E-state index >= 15 is 0 Å². The van der Waals surface area contributed by atoms with Crippen molar-refractivity contribution in [3.05, 3.63) is 29.8 Å². The highest BCUT2D eigenvalue weighted by atomic mass is 32.1. The zero-order valence-electron chi connectivity index (χ0n) is 49.9. The summed E-state index contributed by atoms with van der Waals surface area (Å²) in [5.41, 5.74) is 55.3. The average molecular weight is 1310 g/mol. The van der Waals surface area contributed by atoms with Gasteiger partial charge in [0.15, 0.2) is 0 Å². The Bertz CT molecular complexity index is 2010. The molecule has 0 fully saturated rings. The van der Waals surface area contributed by atoms with Crippen LogP contribution in [0.1, 0.15) is 80.2 Å². The number of aromatic hydroxyl groups is 1. The summed E-state index contributed by atoms with van der Waals surface area (Å²) in [5.74, 6) is -12.0. The van der Waals surface area contributed by atoms with E-state index in [1.807, 2.05) is 27.7 Å². The van der Waals surface area contributed by atoms with Crippen LogP contribution in [0.3, 0.4) is 0 Å². The number of aliphatic hydroxyl groups is 3. The minimum atomic E-state index is -1.29. The fourth-order valence-corrected chi connectivity index (χ4v) is 3.36. The van der Waals surface area contributed by atoms with Crippen LogP contribution < -0.4 is 63.1 Å². The van der Waals surface area contributed by atoms with Crippen LogP contribution in [0.25, 0.3) is 0 Å². The molecule has 0 bridgehead atoms. The first-order valence-corrected chi connectivity index (χ1v) is 25.7. The van der Waals surface area contributed by atoms with Crippen molar-refractivity contribution in [2.75, 3.05) is 25.4 Å². The molecule has 40 heteroatoms. The van der Waals surface area contributed by atoms with Gasteiger partial charge in [-0.05, 0) is 62.1 Å². The first kappa shape index (κ1) is 102. The van der Waals surface area contributed by atoms with Crippen LogP contribution in [0.15, 0.2) is 24.3 Å². The van der Waals surface area contributed by atoms with Crippen molar-refractivity contribution in [3.63, 3.8) is 0 Å². The van der Waals surface area contributed by atoms with E-state index in [1.54, 1.807) is 26.0 Å². The van der Waals surface area contributed by atoms with E-state index < -0.39 is 151 Å². The number of phenols is 1. The van der Waals surface area contributed by atoms with Crippen molar-refractivity contribution < 1.29 is 139 Å². The van der Waals surface area contributed by atoms with Gasteiger partial charge < -0.3 is 145 Å². The van der Waals surface area contributed by atoms with Crippen LogP contribution in [0.5, 0.6) is 5.75 Å². The monoisotopic (exact) mass is 1310 g/mol. The number of aliphatic hydroxyl groups excluding tert-OH is 3. The highest BCUT2D eigenvalue weighted by Gasteiger charge is 2.19. The lowest BCUT2D eigenvalue weighted by Crippen LogP contribution is -2.39. The summed E-state index contributed by atoms with van der Waals surface area (Å²) >= 11 is 3.65. The van der Waals surface area contributed by atoms with Crippen LogP contribution in [0.4, 0.5) is 0 Å². The van der Waals surface area contributed by atoms with Crippen LogP contribution in [0, 0.1) is 17.8 Å². The molecule has 0 heterocycles. The second-order valence-corrected chi connectivity index (χ2v) is 18.3. The fraction of sp³-hybridized carbons (Fsp3) is 0.625. The summed E-state index contributed by atoms with van der Waals surface area (Å²) < 4.78 is 0. The number of hydrogen-bond acceptors (Lipinski definition) is 28. The summed E-state index contributed by atoms with van der Waals surface area (Å²) in [6, 6.07) is -2.22. The summed E-state index contributed by atoms with van der Waals surface area (Å²) in [6.07, 6.45) is -0.853. The number of carbonyl (C=O) groups is 12. The molecule has 0 radical (unpaired) electrons. The number of phenolic OH excluding ortho intramolecular Hbond substituents is 1. The predicted molar refractivity (Wildman–Crippen MR) is 316 cm³/mol. The smallest absolute Gasteiger partial charge is 0.323 e. The molecule has 0 aliphatic heterocycles. The molecule has 518 valence electrons. The maximum Gasteiger partial charge on any atom is 0.323 e. The van der Waals surface area contributed by atoms with E-state index in [0.717, 1.165) is 12.0 Å². The summed E-state index contributed by atoms with van der Waals surface area (Å²) in [6.45, 7) is 12.8. The van der Waals surface area contributed by atoms with Gasteiger partial charge in [0.1, 0.15) is 60.1 Å². The molecule has 0 aromatic heterocycles. The topological polar surface area (TPSA) is 815 Å². The molecule has 0 amide bonds. The van der Waals surface area contributed by atoms with Crippen LogP contribution in [-0.2, 0) is 64.0 Å². The van der Waals surface area contributed by atoms with Crippen molar-refractivity contribution in [3.8, 4) is 5.75 Å². The normalized spacial score (nSPS) is 13.6. The summed E-state index contributed by atoms with van der Waals surface area (Å²) in [7, 11) is 0. The molecule has 1 aromatic carbocycles. The molecule has 12 atom stereocenters. The average Bonchev–Trinajstić information content (AvgIpc) is 3.42. The van der Waals surface area contributed by atoms with Gasteiger partial charge in [-0.2, -0.15) is 12.6 Å². The lowest BCUT2D eigenvalue weighted by molar-refractivity contribution is -0.144. The number of rotatable bonds is 24. The van der Waals surface area contributed by atoms with Gasteiger partial charge in [0.05, 0.1) is 38.3 Å². The molecular weight excluding hydrogens is 1210 g/mol. The highest BCUT2D eigenvalue weighted by molar-refractivity contribution is 7.80. The van der Waals surface area contributed by atoms with Crippen LogP contribution >= 0.6 is 12.6 Å². The third-order valence-electron chi connectivity index (χ3n) is 9.00. The van der Waals surface area contributed by atoms with Crippen molar-refractivity contribution >= 4 is 84.3 Å². The van der Waals surface area contributed by atoms with Crippen molar-refractivity contribution in [1.29, 1.82) is 0 Å². The van der Waals surface area contributed by atoms with Gasteiger partial charge in [0, 0.05) is 5.75 Å². The number of benzene rings is 1. The number of nitrogens with two attached hydrogens (primary N) is 11. The van der Waals surface area contributed by atoms with Crippen molar-refractivity contribution in [2.45, 2.75) is 148 Å². The van der Waals surface area contributed by atoms with Gasteiger partial charge in [-0.3, -0.25) is 57.5 Å². The lowest BCUT2D eigenvalue weighted by atomic mass is 10.0. The Morgan fingerprint density at radius 1 is 0.432 bits per heavy atom. The zero-order valence-corrected chi connectivity index (χ0v) is 50.8. The molecule has 0 unspecified atom stereocenters. The van der Waals surface area contributed by atoms with Gasteiger partial charge in [-0.15, -0.1) is 0 Å². The molecule has 0 saturated heterocycles. The highest BCUT2D eigenvalue weighted by Crippen LogP contribution is 2.11. The SMILES string of the molecule is CC(C)C[C@H](N)C(=O)O.CC(C)[C@H](N)C(=O)O.CC[C@H](C)[C@H](N)C(=O)O.C[C@@H](O)[C@H](N)C(=O)O.C[C@@H](O)[C@H](N)C(=O)O.NCC(=O)O.NCC(=O)O.N[C@@H](CC(=O)O)C(=O)O.N[C@@H](CO)C(=O)O.N[C@@H](CS)C(=O)O.N[C@@H](Cc1ccc(O)cc1)C(=O)O. The molecule has 38 N–H and O–H groups in total. The van der Waals surface area contributed by atoms with E-state index in [9.17, 15) is 57.5 Å². The van der Waals surface area contributed by atoms with Crippen LogP contribution in [-0.4, -0.2) is 245 Å². The largest absolute Gasteiger partial charge is 0.508 e. The van der Waals surface area contributed by atoms with Gasteiger partial charge in [0.25, 0.3) is 0 Å². The molecular formula is C48H97N11O28S. The Labute approximate surface area is 511 Å². The summed E-state index contributed by atoms with van der Waals surface area (Å²) in [4.78, 5) is 118. The van der Waals surface area contributed by atoms with Crippen molar-refractivity contribution in [2.24, 2.45) is 80.8 Å². The first-order valence-electron chi connectivity index (χ1n) is 25.1. The van der Waals surface area contributed by atoms with E-state index in [2.05, 4.69) is 24.1 Å². The van der Waals surface area contributed by atoms with Gasteiger partial charge >= 0.3 is 71.6 Å². The number of carboxylic acids is 12. The lowest BCUT2D eigenvalue weighted by Gasteiger charge is -2.11. The third kappa shape index (κ3) is 80.5. The molecule has 88 heavy (non-hydrogen) atoms. The Kier molecular flexibility index (Phi) is 72.7. The molecule has 0 aliphatic carbocycles. The molecule has 39 nitrogen and oxygen atoms in total. The standard InChI is InChI=1S/C9H11NO3.2C6H13NO2.C5H11NO2.C4H7NO4.2C4H9NO3.C3H7NO3.C3H7NO2S.2C2H5NO2/c10-8(9(12)13)5-6-1-3-7(11)4-2-6;1-4(2)3-5(7)6(8)9;1-3-4(2)5(7)6(8)9;1-3(2)4(6)5(7)8;5-2(4(8)9)1-3(6)7;2*1-2(6)3(5)4(7)8;4-2(1-5)3(6)7;4-2(1-7)3(5)6;2*3-1-2(4)5/h1-4,8,11H,5,10H2,(H,12,13);2*4-5H,3,7H2,1-2H3,(H,8,9);3-4H,6H2,1-2H3,(H,7,8);2H,1,5H2,(H,6,7)(H,8,9);2*2-3,6H,5H2,1H3,(H,7,8);2,5H,1,4H2,(H,6,7);2,7H,1,4H2,(H,5,6);2*1,3H2,(H,4,5)/t8-;5-;4-,5-;4-;2-;2*2-,3+;2*2-;;/m000001100../s1. The summed E-state index contributed by atoms with van der Waals surface area (Å²) in [5, 5.41) is 131. The van der Waals surface area contributed by atoms with Gasteiger partial charge in [-0.1, -0.05) is 60.1 Å². The second kappa shape index (κ2) is 62.5. The maximum absolute atomic E-state index is 10.4. The Morgan fingerprint density at radius 2 is 0.727 bits per heavy atom. The molecule has 1 rings (SSSR count). The van der Waals surface area contributed by atoms with E-state index in [1.165, 1.54) is 26.0 Å². The van der Waals surface area contributed by atoms with Crippen LogP contribution in [0.2, 0.25) is 0 Å². The Morgan fingerprint density at radius 3 is 0.830 bits per heavy atom. The van der Waals surface area contributed by atoms with E-state index in [0.29, 0.717) is 12.3 Å². The molecule has 0 aliphatic rings. The fourth-order valence-electron chi connectivity index (χ4n) is 3.21. The molecule has 1 aromatic rings. The number of hydrogen-bond donors (Lipinski definition) is 28. The third-order valence-corrected chi connectivity index (χ3v) is 9.39. The van der Waals surface area contributed by atoms with Gasteiger partial charge in [-0.25, -0.2) is 0 Å². The van der Waals surface area contributed by atoms with Gasteiger partial charge in [0.2, 0.25) is 0 Å². The number of carboxylic acid groups (broad SMARTS) is 12. The van der Waals surface area contributed by atoms with E-state index in [-0.39, 0.29) is 42.8 Å². The van der Waals surface area contributed by atoms with E-state index in [4.69, 9.17) is 133 Å². The Balaban J connectivity index is -0.0000000960. The predicted octanol–water partition coefficient (Wildman–Crippen LogP) is -6.50.